The molecule has 5 nitrogen and oxygen atoms in total. The highest BCUT2D eigenvalue weighted by Crippen LogP contribution is 2.30. The summed E-state index contributed by atoms with van der Waals surface area (Å²) < 4.78 is 6.76. The number of benzene rings is 1. The first kappa shape index (κ1) is 13.4. The average Bonchev–Trinajstić information content (AvgIpc) is 2.84. The van der Waals surface area contributed by atoms with Crippen LogP contribution in [0.2, 0.25) is 0 Å². The molecule has 0 spiro atoms. The molecule has 0 fully saturated rings. The topological polar surface area (TPSA) is 64.4 Å². The number of rotatable bonds is 2. The number of ketones is 1. The van der Waals surface area contributed by atoms with Crippen LogP contribution in [0.15, 0.2) is 30.0 Å². The maximum absolute atomic E-state index is 12.4. The van der Waals surface area contributed by atoms with Crippen molar-refractivity contribution in [2.24, 2.45) is 7.05 Å². The maximum Gasteiger partial charge on any atom is 0.192 e. The van der Waals surface area contributed by atoms with Gasteiger partial charge in [0, 0.05) is 18.3 Å². The van der Waals surface area contributed by atoms with Crippen LogP contribution in [0.4, 0.5) is 0 Å². The number of nitrogens with zero attached hydrogens (tertiary/aromatic N) is 2. The molecular formula is C16H16N2O3. The Kier molecular flexibility index (Phi) is 3.25. The van der Waals surface area contributed by atoms with Gasteiger partial charge in [0.1, 0.15) is 0 Å². The molecule has 1 N–H and O–H groups in total. The zero-order valence-electron chi connectivity index (χ0n) is 12.0. The summed E-state index contributed by atoms with van der Waals surface area (Å²) in [5.74, 6) is 0.499. The maximum atomic E-state index is 12.4. The van der Waals surface area contributed by atoms with E-state index in [1.54, 1.807) is 23.0 Å². The second-order valence-corrected chi connectivity index (χ2v) is 5.06. The lowest BCUT2D eigenvalue weighted by Gasteiger charge is -2.14. The Labute approximate surface area is 122 Å². The van der Waals surface area contributed by atoms with E-state index in [0.29, 0.717) is 17.7 Å². The van der Waals surface area contributed by atoms with Gasteiger partial charge in [0.05, 0.1) is 18.9 Å². The van der Waals surface area contributed by atoms with Crippen LogP contribution in [-0.4, -0.2) is 27.8 Å². The van der Waals surface area contributed by atoms with E-state index in [0.717, 1.165) is 23.3 Å². The van der Waals surface area contributed by atoms with Gasteiger partial charge in [-0.05, 0) is 36.6 Å². The third kappa shape index (κ3) is 2.31. The van der Waals surface area contributed by atoms with Gasteiger partial charge in [-0.3, -0.25) is 9.48 Å². The summed E-state index contributed by atoms with van der Waals surface area (Å²) in [5.41, 5.74) is 3.17. The van der Waals surface area contributed by atoms with Crippen molar-refractivity contribution >= 4 is 11.9 Å². The molecule has 0 radical (unpaired) electrons. The molecule has 21 heavy (non-hydrogen) atoms. The van der Waals surface area contributed by atoms with Crippen LogP contribution in [-0.2, 0) is 13.5 Å². The number of hydrogen-bond acceptors (Lipinski definition) is 4. The van der Waals surface area contributed by atoms with Gasteiger partial charge in [0.25, 0.3) is 0 Å². The van der Waals surface area contributed by atoms with Gasteiger partial charge in [-0.2, -0.15) is 5.10 Å². The van der Waals surface area contributed by atoms with Crippen molar-refractivity contribution in [2.45, 2.75) is 12.8 Å². The van der Waals surface area contributed by atoms with E-state index in [2.05, 4.69) is 5.10 Å². The summed E-state index contributed by atoms with van der Waals surface area (Å²) in [6.07, 6.45) is 4.91. The fourth-order valence-electron chi connectivity index (χ4n) is 2.62. The highest BCUT2D eigenvalue weighted by Gasteiger charge is 2.24. The minimum Gasteiger partial charge on any atom is -0.504 e. The Bertz CT molecular complexity index is 744. The summed E-state index contributed by atoms with van der Waals surface area (Å²) in [7, 11) is 3.35. The van der Waals surface area contributed by atoms with Gasteiger partial charge in [0.2, 0.25) is 0 Å². The van der Waals surface area contributed by atoms with E-state index < -0.39 is 0 Å². The molecule has 3 rings (SSSR count). The van der Waals surface area contributed by atoms with E-state index in [-0.39, 0.29) is 11.5 Å². The van der Waals surface area contributed by atoms with E-state index in [1.807, 2.05) is 19.2 Å². The number of Topliss-reactive ketones (excluding diaryl/α,β-unsaturated/α-hetero) is 1. The second-order valence-electron chi connectivity index (χ2n) is 5.06. The molecule has 0 aliphatic heterocycles. The van der Waals surface area contributed by atoms with Crippen LogP contribution in [0.5, 0.6) is 11.5 Å². The number of hydrogen-bond donors (Lipinski definition) is 1. The summed E-state index contributed by atoms with van der Waals surface area (Å²) in [5, 5.41) is 13.9. The number of aromatic nitrogens is 2. The molecule has 1 heterocycles. The number of phenols is 1. The van der Waals surface area contributed by atoms with Crippen molar-refractivity contribution in [3.63, 3.8) is 0 Å². The Hall–Kier alpha value is -2.56. The molecule has 0 atom stereocenters. The van der Waals surface area contributed by atoms with Crippen molar-refractivity contribution < 1.29 is 14.6 Å². The predicted molar refractivity (Wildman–Crippen MR) is 78.5 cm³/mol. The number of ether oxygens (including phenoxy) is 1. The Balaban J connectivity index is 1.94. The number of allylic oxidation sites excluding steroid dienone is 1. The average molecular weight is 284 g/mol. The number of methoxy groups -OCH3 is 1. The lowest BCUT2D eigenvalue weighted by atomic mass is 9.90. The summed E-state index contributed by atoms with van der Waals surface area (Å²) in [6.45, 7) is 0. The molecule has 2 aromatic rings. The van der Waals surface area contributed by atoms with Crippen molar-refractivity contribution in [3.8, 4) is 11.5 Å². The molecule has 0 saturated heterocycles. The van der Waals surface area contributed by atoms with Gasteiger partial charge in [0.15, 0.2) is 17.3 Å². The van der Waals surface area contributed by atoms with Gasteiger partial charge in [-0.15, -0.1) is 0 Å². The Morgan fingerprint density at radius 1 is 1.38 bits per heavy atom. The SMILES string of the molecule is COc1ccc(/C=C2\CCc3c(cnn3C)C2=O)cc1O. The third-order valence-corrected chi connectivity index (χ3v) is 3.77. The van der Waals surface area contributed by atoms with Crippen LogP contribution in [0, 0.1) is 0 Å². The molecule has 1 aromatic carbocycles. The molecular weight excluding hydrogens is 268 g/mol. The number of aryl methyl sites for hydroxylation is 1. The Morgan fingerprint density at radius 2 is 2.19 bits per heavy atom. The normalized spacial score (nSPS) is 16.1. The highest BCUT2D eigenvalue weighted by molar-refractivity contribution is 6.12. The van der Waals surface area contributed by atoms with Crippen molar-refractivity contribution in [3.05, 3.63) is 46.8 Å². The quantitative estimate of drug-likeness (QED) is 0.860. The molecule has 0 unspecified atom stereocenters. The monoisotopic (exact) mass is 284 g/mol. The summed E-state index contributed by atoms with van der Waals surface area (Å²) in [4.78, 5) is 12.4. The molecule has 0 amide bonds. The predicted octanol–water partition coefficient (Wildman–Crippen LogP) is 2.35. The van der Waals surface area contributed by atoms with Crippen LogP contribution in [0.3, 0.4) is 0 Å². The first-order chi connectivity index (χ1) is 10.1. The largest absolute Gasteiger partial charge is 0.504 e. The second kappa shape index (κ2) is 5.09. The zero-order valence-corrected chi connectivity index (χ0v) is 12.0. The standard InChI is InChI=1S/C16H16N2O3/c1-18-13-5-4-11(16(20)12(13)9-17-18)7-10-3-6-15(21-2)14(19)8-10/h3,6-9,19H,4-5H2,1-2H3/b11-7+. The van der Waals surface area contributed by atoms with Crippen molar-refractivity contribution in [1.29, 1.82) is 0 Å². The molecule has 0 saturated carbocycles. The van der Waals surface area contributed by atoms with Gasteiger partial charge in [-0.1, -0.05) is 6.07 Å². The van der Waals surface area contributed by atoms with Crippen molar-refractivity contribution in [1.82, 2.24) is 9.78 Å². The van der Waals surface area contributed by atoms with Gasteiger partial charge >= 0.3 is 0 Å². The minimum atomic E-state index is 0.0136. The van der Waals surface area contributed by atoms with E-state index in [4.69, 9.17) is 4.74 Å². The van der Waals surface area contributed by atoms with Crippen LogP contribution in [0.1, 0.15) is 28.0 Å². The number of phenolic OH excluding ortho intramolecular Hbond substituents is 1. The highest BCUT2D eigenvalue weighted by atomic mass is 16.5. The van der Waals surface area contributed by atoms with E-state index in [1.165, 1.54) is 7.11 Å². The Morgan fingerprint density at radius 3 is 2.90 bits per heavy atom. The van der Waals surface area contributed by atoms with Crippen LogP contribution in [0.25, 0.3) is 6.08 Å². The first-order valence-corrected chi connectivity index (χ1v) is 6.73. The molecule has 1 aromatic heterocycles. The first-order valence-electron chi connectivity index (χ1n) is 6.73. The fraction of sp³-hybridized carbons (Fsp3) is 0.250. The lowest BCUT2D eigenvalue weighted by Crippen LogP contribution is -2.14. The fourth-order valence-corrected chi connectivity index (χ4v) is 2.62. The van der Waals surface area contributed by atoms with Gasteiger partial charge in [-0.25, -0.2) is 0 Å². The minimum absolute atomic E-state index is 0.0136. The lowest BCUT2D eigenvalue weighted by molar-refractivity contribution is 0.102. The van der Waals surface area contributed by atoms with Crippen LogP contribution < -0.4 is 4.74 Å². The smallest absolute Gasteiger partial charge is 0.192 e. The number of carbonyl (C=O) groups is 1. The summed E-state index contributed by atoms with van der Waals surface area (Å²) in [6, 6.07) is 5.10. The molecule has 0 bridgehead atoms. The molecule has 108 valence electrons. The van der Waals surface area contributed by atoms with Crippen LogP contribution >= 0.6 is 0 Å². The van der Waals surface area contributed by atoms with Crippen molar-refractivity contribution in [2.75, 3.05) is 7.11 Å². The molecule has 1 aliphatic rings. The van der Waals surface area contributed by atoms with E-state index >= 15 is 0 Å². The van der Waals surface area contributed by atoms with E-state index in [9.17, 15) is 9.90 Å². The molecule has 1 aliphatic carbocycles. The van der Waals surface area contributed by atoms with Gasteiger partial charge < -0.3 is 9.84 Å². The number of carbonyl (C=O) groups excluding carboxylic acids is 1. The number of fused-ring (bicyclic) bond motifs is 1. The zero-order chi connectivity index (χ0) is 15.0. The summed E-state index contributed by atoms with van der Waals surface area (Å²) >= 11 is 0. The molecule has 5 heteroatoms. The number of aromatic hydroxyl groups is 1. The third-order valence-electron chi connectivity index (χ3n) is 3.77.